The van der Waals surface area contributed by atoms with Crippen molar-refractivity contribution in [2.24, 2.45) is 0 Å². The monoisotopic (exact) mass is 471 g/mol. The normalized spacial score (nSPS) is 14.7. The molecule has 0 saturated carbocycles. The Balaban J connectivity index is 3.94. The number of sulfone groups is 1. The van der Waals surface area contributed by atoms with E-state index < -0.39 is 60.1 Å². The Labute approximate surface area is 140 Å². The van der Waals surface area contributed by atoms with Gasteiger partial charge < -0.3 is 5.73 Å². The van der Waals surface area contributed by atoms with Crippen molar-refractivity contribution in [3.05, 3.63) is 22.2 Å². The lowest BCUT2D eigenvalue weighted by Crippen LogP contribution is -2.50. The van der Waals surface area contributed by atoms with Crippen LogP contribution in [0.4, 0.5) is 49.6 Å². The van der Waals surface area contributed by atoms with E-state index >= 15 is 0 Å². The SMILES string of the molecule is Nc1c(Br)cc(C(F)(C(F)(F)F)C(F)(F)F)cc1S(=O)(=O)C(F)(F)F. The largest absolute Gasteiger partial charge is 0.501 e. The number of nitrogen functional groups attached to an aromatic ring is 1. The van der Waals surface area contributed by atoms with Gasteiger partial charge in [0.1, 0.15) is 4.90 Å². The molecular formula is C10H4BrF10NO2S. The van der Waals surface area contributed by atoms with E-state index in [9.17, 15) is 52.3 Å². The first kappa shape index (κ1) is 21.8. The molecule has 0 unspecified atom stereocenters. The third-order valence-electron chi connectivity index (χ3n) is 2.86. The lowest BCUT2D eigenvalue weighted by atomic mass is 9.94. The second-order valence-corrected chi connectivity index (χ2v) is 7.24. The molecule has 1 aromatic carbocycles. The first-order valence-corrected chi connectivity index (χ1v) is 7.79. The maximum Gasteiger partial charge on any atom is 0.501 e. The number of alkyl halides is 10. The van der Waals surface area contributed by atoms with Gasteiger partial charge in [0.05, 0.1) is 5.69 Å². The van der Waals surface area contributed by atoms with Crippen LogP contribution in [0.15, 0.2) is 21.5 Å². The summed E-state index contributed by atoms with van der Waals surface area (Å²) in [7, 11) is -6.46. The average Bonchev–Trinajstić information content (AvgIpc) is 2.36. The van der Waals surface area contributed by atoms with E-state index in [1.54, 1.807) is 0 Å². The fourth-order valence-electron chi connectivity index (χ4n) is 1.63. The van der Waals surface area contributed by atoms with Gasteiger partial charge in [-0.3, -0.25) is 0 Å². The van der Waals surface area contributed by atoms with Crippen LogP contribution in [-0.2, 0) is 15.5 Å². The third kappa shape index (κ3) is 3.39. The summed E-state index contributed by atoms with van der Waals surface area (Å²) >= 11 is 2.22. The Morgan fingerprint density at radius 1 is 0.840 bits per heavy atom. The molecule has 0 aromatic heterocycles. The summed E-state index contributed by atoms with van der Waals surface area (Å²) < 4.78 is 149. The molecule has 0 bridgehead atoms. The van der Waals surface area contributed by atoms with Crippen LogP contribution < -0.4 is 5.73 Å². The van der Waals surface area contributed by atoms with Crippen LogP contribution in [0.2, 0.25) is 0 Å². The Morgan fingerprint density at radius 2 is 1.24 bits per heavy atom. The first-order chi connectivity index (χ1) is 10.8. The lowest BCUT2D eigenvalue weighted by Gasteiger charge is -2.31. The quantitative estimate of drug-likeness (QED) is 0.506. The van der Waals surface area contributed by atoms with E-state index in [1.807, 2.05) is 0 Å². The zero-order chi connectivity index (χ0) is 20.2. The van der Waals surface area contributed by atoms with Gasteiger partial charge >= 0.3 is 23.5 Å². The maximum atomic E-state index is 13.9. The zero-order valence-corrected chi connectivity index (χ0v) is 13.5. The molecule has 0 aliphatic carbocycles. The predicted octanol–water partition coefficient (Wildman–Crippen LogP) is 4.61. The van der Waals surface area contributed by atoms with Gasteiger partial charge in [-0.1, -0.05) is 0 Å². The van der Waals surface area contributed by atoms with Gasteiger partial charge in [-0.25, -0.2) is 12.8 Å². The number of benzene rings is 1. The summed E-state index contributed by atoms with van der Waals surface area (Å²) in [5.74, 6) is 0. The number of hydrogen-bond donors (Lipinski definition) is 1. The van der Waals surface area contributed by atoms with Crippen molar-refractivity contribution in [2.75, 3.05) is 5.73 Å². The molecule has 15 heteroatoms. The van der Waals surface area contributed by atoms with E-state index in [2.05, 4.69) is 15.9 Å². The minimum Gasteiger partial charge on any atom is -0.397 e. The van der Waals surface area contributed by atoms with Gasteiger partial charge in [0.25, 0.3) is 9.84 Å². The van der Waals surface area contributed by atoms with Gasteiger partial charge in [0.2, 0.25) is 0 Å². The van der Waals surface area contributed by atoms with Crippen molar-refractivity contribution in [3.8, 4) is 0 Å². The van der Waals surface area contributed by atoms with Crippen LogP contribution in [0.25, 0.3) is 0 Å². The Hall–Kier alpha value is -1.25. The van der Waals surface area contributed by atoms with Crippen molar-refractivity contribution >= 4 is 31.5 Å². The fraction of sp³-hybridized carbons (Fsp3) is 0.400. The van der Waals surface area contributed by atoms with Crippen LogP contribution in [0.3, 0.4) is 0 Å². The average molecular weight is 472 g/mol. The summed E-state index contributed by atoms with van der Waals surface area (Å²) in [5.41, 5.74) is -11.0. The van der Waals surface area contributed by atoms with Gasteiger partial charge in [-0.2, -0.15) is 39.5 Å². The molecule has 1 rings (SSSR count). The third-order valence-corrected chi connectivity index (χ3v) is 5.05. The molecule has 0 spiro atoms. The van der Waals surface area contributed by atoms with E-state index in [-0.39, 0.29) is 6.07 Å². The summed E-state index contributed by atoms with van der Waals surface area (Å²) in [6.07, 6.45) is -13.3. The van der Waals surface area contributed by atoms with Gasteiger partial charge in [-0.15, -0.1) is 0 Å². The van der Waals surface area contributed by atoms with Crippen molar-refractivity contribution < 1.29 is 52.3 Å². The minimum absolute atomic E-state index is 0.203. The molecule has 0 saturated heterocycles. The van der Waals surface area contributed by atoms with Crippen LogP contribution in [0.1, 0.15) is 5.56 Å². The van der Waals surface area contributed by atoms with Crippen molar-refractivity contribution in [1.82, 2.24) is 0 Å². The number of nitrogens with two attached hydrogens (primary N) is 1. The number of anilines is 1. The molecule has 0 aliphatic heterocycles. The van der Waals surface area contributed by atoms with Crippen molar-refractivity contribution in [1.29, 1.82) is 0 Å². The highest BCUT2D eigenvalue weighted by Crippen LogP contribution is 2.54. The smallest absolute Gasteiger partial charge is 0.397 e. The molecule has 0 aliphatic rings. The predicted molar refractivity (Wildman–Crippen MR) is 66.7 cm³/mol. The van der Waals surface area contributed by atoms with Crippen LogP contribution in [-0.4, -0.2) is 26.3 Å². The van der Waals surface area contributed by atoms with E-state index in [0.29, 0.717) is 0 Å². The second-order valence-electron chi connectivity index (χ2n) is 4.47. The molecule has 0 heterocycles. The molecule has 0 amide bonds. The molecule has 25 heavy (non-hydrogen) atoms. The van der Waals surface area contributed by atoms with E-state index in [0.717, 1.165) is 0 Å². The Bertz CT molecular complexity index is 767. The Kier molecular flexibility index (Phi) is 5.13. The lowest BCUT2D eigenvalue weighted by molar-refractivity contribution is -0.348. The van der Waals surface area contributed by atoms with E-state index in [1.165, 1.54) is 0 Å². The summed E-state index contributed by atoms with van der Waals surface area (Å²) in [4.78, 5) is -2.15. The zero-order valence-electron chi connectivity index (χ0n) is 11.1. The molecule has 0 atom stereocenters. The van der Waals surface area contributed by atoms with Crippen molar-refractivity contribution in [3.63, 3.8) is 0 Å². The summed E-state index contributed by atoms with van der Waals surface area (Å²) in [6.45, 7) is 0. The first-order valence-electron chi connectivity index (χ1n) is 5.51. The molecule has 0 radical (unpaired) electrons. The van der Waals surface area contributed by atoms with Gasteiger partial charge in [0, 0.05) is 10.0 Å². The topological polar surface area (TPSA) is 60.2 Å². The molecule has 3 nitrogen and oxygen atoms in total. The van der Waals surface area contributed by atoms with Crippen LogP contribution >= 0.6 is 15.9 Å². The van der Waals surface area contributed by atoms with Gasteiger partial charge in [-0.05, 0) is 28.1 Å². The highest BCUT2D eigenvalue weighted by Gasteiger charge is 2.73. The molecular weight excluding hydrogens is 468 g/mol. The van der Waals surface area contributed by atoms with Crippen LogP contribution in [0.5, 0.6) is 0 Å². The molecule has 2 N–H and O–H groups in total. The minimum atomic E-state index is -6.65. The number of rotatable bonds is 2. The van der Waals surface area contributed by atoms with E-state index in [4.69, 9.17) is 5.73 Å². The summed E-state index contributed by atoms with van der Waals surface area (Å²) in [6, 6.07) is -0.949. The number of hydrogen-bond acceptors (Lipinski definition) is 3. The molecule has 0 fully saturated rings. The number of halogens is 11. The van der Waals surface area contributed by atoms with Crippen LogP contribution in [0, 0.1) is 0 Å². The highest BCUT2D eigenvalue weighted by molar-refractivity contribution is 9.10. The second kappa shape index (κ2) is 5.89. The van der Waals surface area contributed by atoms with Crippen molar-refractivity contribution in [2.45, 2.75) is 28.4 Å². The fourth-order valence-corrected chi connectivity index (χ4v) is 3.15. The molecule has 1 aromatic rings. The Morgan fingerprint density at radius 3 is 1.56 bits per heavy atom. The molecule has 144 valence electrons. The standard InChI is InChI=1S/C10H4BrF10NO2S/c11-4-1-3(7(12,8(13,14)15)9(16,17)18)2-5(6(4)22)25(23,24)10(19,20)21/h1-2H,22H2. The highest BCUT2D eigenvalue weighted by atomic mass is 79.9. The summed E-state index contributed by atoms with van der Waals surface area (Å²) in [5, 5.41) is 0. The van der Waals surface area contributed by atoms with Gasteiger partial charge in [0.15, 0.2) is 0 Å². The maximum absolute atomic E-state index is 13.9.